The van der Waals surface area contributed by atoms with Gasteiger partial charge in [0.1, 0.15) is 0 Å². The fraction of sp³-hybridized carbons (Fsp3) is 0.556. The molecule has 0 amide bonds. The van der Waals surface area contributed by atoms with Crippen LogP contribution in [0.2, 0.25) is 0 Å². The van der Waals surface area contributed by atoms with Crippen molar-refractivity contribution in [1.29, 1.82) is 5.26 Å². The van der Waals surface area contributed by atoms with Crippen LogP contribution in [-0.4, -0.2) is 19.0 Å². The Hall–Kier alpha value is -1.29. The van der Waals surface area contributed by atoms with Gasteiger partial charge in [-0.1, -0.05) is 26.0 Å². The van der Waals surface area contributed by atoms with Crippen LogP contribution in [0.4, 0.5) is 0 Å². The smallest absolute Gasteiger partial charge is 0.191 e. The van der Waals surface area contributed by atoms with E-state index in [4.69, 9.17) is 5.26 Å². The van der Waals surface area contributed by atoms with E-state index in [0.717, 1.165) is 11.5 Å². The number of hydrogen-bond donors (Lipinski definition) is 2. The molecule has 0 saturated heterocycles. The van der Waals surface area contributed by atoms with Gasteiger partial charge >= 0.3 is 0 Å². The van der Waals surface area contributed by atoms with Gasteiger partial charge in [0.05, 0.1) is 11.6 Å². The number of nitrogens with zero attached hydrogens (tertiary/aromatic N) is 2. The molecule has 1 aliphatic carbocycles. The van der Waals surface area contributed by atoms with Crippen LogP contribution in [0, 0.1) is 16.7 Å². The predicted octanol–water partition coefficient (Wildman–Crippen LogP) is 3.81. The number of rotatable bonds is 3. The highest BCUT2D eigenvalue weighted by Gasteiger charge is 2.27. The molecule has 4 nitrogen and oxygen atoms in total. The van der Waals surface area contributed by atoms with E-state index in [0.29, 0.717) is 23.6 Å². The van der Waals surface area contributed by atoms with Gasteiger partial charge < -0.3 is 10.6 Å². The normalized spacial score (nSPS) is 17.7. The molecule has 0 bridgehead atoms. The van der Waals surface area contributed by atoms with Crippen molar-refractivity contribution in [2.24, 2.45) is 10.4 Å². The number of hydrogen-bond acceptors (Lipinski definition) is 2. The van der Waals surface area contributed by atoms with E-state index in [1.807, 2.05) is 24.3 Å². The van der Waals surface area contributed by atoms with Crippen molar-refractivity contribution in [3.8, 4) is 6.07 Å². The molecular formula is C18H27IN4. The van der Waals surface area contributed by atoms with E-state index in [-0.39, 0.29) is 24.0 Å². The molecule has 1 aromatic carbocycles. The fourth-order valence-electron chi connectivity index (χ4n) is 2.81. The SMILES string of the molecule is CN=C(NCc1ccc(C#N)cc1)NC1CCC(C)(C)CC1.I. The zero-order valence-corrected chi connectivity index (χ0v) is 16.6. The zero-order chi connectivity index (χ0) is 16.0. The maximum atomic E-state index is 8.81. The summed E-state index contributed by atoms with van der Waals surface area (Å²) >= 11 is 0. The highest BCUT2D eigenvalue weighted by atomic mass is 127. The lowest BCUT2D eigenvalue weighted by Gasteiger charge is -2.35. The third-order valence-electron chi connectivity index (χ3n) is 4.45. The summed E-state index contributed by atoms with van der Waals surface area (Å²) in [5, 5.41) is 15.7. The van der Waals surface area contributed by atoms with Gasteiger partial charge in [-0.2, -0.15) is 5.26 Å². The van der Waals surface area contributed by atoms with Crippen molar-refractivity contribution in [1.82, 2.24) is 10.6 Å². The van der Waals surface area contributed by atoms with Gasteiger partial charge in [0.15, 0.2) is 5.96 Å². The first-order chi connectivity index (χ1) is 10.5. The Morgan fingerprint density at radius 2 is 1.87 bits per heavy atom. The minimum absolute atomic E-state index is 0. The van der Waals surface area contributed by atoms with Gasteiger partial charge in [0.2, 0.25) is 0 Å². The molecule has 2 rings (SSSR count). The van der Waals surface area contributed by atoms with E-state index in [9.17, 15) is 0 Å². The minimum atomic E-state index is 0. The summed E-state index contributed by atoms with van der Waals surface area (Å²) in [5.41, 5.74) is 2.32. The van der Waals surface area contributed by atoms with Gasteiger partial charge in [0.25, 0.3) is 0 Å². The summed E-state index contributed by atoms with van der Waals surface area (Å²) in [5.74, 6) is 0.856. The van der Waals surface area contributed by atoms with Crippen LogP contribution in [0.1, 0.15) is 50.7 Å². The second kappa shape index (κ2) is 9.11. The number of guanidine groups is 1. The van der Waals surface area contributed by atoms with Crippen molar-refractivity contribution in [2.75, 3.05) is 7.05 Å². The second-order valence-corrected chi connectivity index (χ2v) is 6.82. The molecule has 0 radical (unpaired) electrons. The molecule has 0 aromatic heterocycles. The topological polar surface area (TPSA) is 60.2 Å². The van der Waals surface area contributed by atoms with Crippen molar-refractivity contribution < 1.29 is 0 Å². The minimum Gasteiger partial charge on any atom is -0.354 e. The predicted molar refractivity (Wildman–Crippen MR) is 106 cm³/mol. The number of halogens is 1. The summed E-state index contributed by atoms with van der Waals surface area (Å²) in [4.78, 5) is 4.31. The molecule has 1 saturated carbocycles. The van der Waals surface area contributed by atoms with Gasteiger partial charge in [-0.05, 0) is 48.8 Å². The van der Waals surface area contributed by atoms with Gasteiger partial charge in [-0.15, -0.1) is 24.0 Å². The van der Waals surface area contributed by atoms with Crippen molar-refractivity contribution in [2.45, 2.75) is 52.1 Å². The van der Waals surface area contributed by atoms with Gasteiger partial charge in [-0.3, -0.25) is 4.99 Å². The fourth-order valence-corrected chi connectivity index (χ4v) is 2.81. The molecule has 0 spiro atoms. The molecule has 2 N–H and O–H groups in total. The Morgan fingerprint density at radius 1 is 1.26 bits per heavy atom. The Labute approximate surface area is 156 Å². The Kier molecular flexibility index (Phi) is 7.83. The summed E-state index contributed by atoms with van der Waals surface area (Å²) in [6, 6.07) is 10.3. The molecule has 0 heterocycles. The van der Waals surface area contributed by atoms with Gasteiger partial charge in [-0.25, -0.2) is 0 Å². The third kappa shape index (κ3) is 6.38. The summed E-state index contributed by atoms with van der Waals surface area (Å²) in [6.07, 6.45) is 4.92. The average Bonchev–Trinajstić information content (AvgIpc) is 2.53. The lowest BCUT2D eigenvalue weighted by Crippen LogP contribution is -2.45. The lowest BCUT2D eigenvalue weighted by atomic mass is 9.75. The van der Waals surface area contributed by atoms with E-state index in [2.05, 4.69) is 35.5 Å². The molecule has 5 heteroatoms. The molecule has 1 aliphatic rings. The highest BCUT2D eigenvalue weighted by Crippen LogP contribution is 2.34. The standard InChI is InChI=1S/C18H26N4.HI/c1-18(2)10-8-16(9-11-18)22-17(20-3)21-13-15-6-4-14(12-19)5-7-15;/h4-7,16H,8-11,13H2,1-3H3,(H2,20,21,22);1H. The molecule has 126 valence electrons. The van der Waals surface area contributed by atoms with E-state index in [1.165, 1.54) is 25.7 Å². The molecule has 1 aromatic rings. The number of aliphatic imine (C=N–C) groups is 1. The van der Waals surface area contributed by atoms with E-state index < -0.39 is 0 Å². The summed E-state index contributed by atoms with van der Waals surface area (Å²) in [6.45, 7) is 5.41. The monoisotopic (exact) mass is 426 g/mol. The first kappa shape index (κ1) is 19.8. The van der Waals surface area contributed by atoms with Crippen molar-refractivity contribution >= 4 is 29.9 Å². The maximum absolute atomic E-state index is 8.81. The van der Waals surface area contributed by atoms with Crippen LogP contribution >= 0.6 is 24.0 Å². The maximum Gasteiger partial charge on any atom is 0.191 e. The van der Waals surface area contributed by atoms with Crippen LogP contribution in [0.25, 0.3) is 0 Å². The summed E-state index contributed by atoms with van der Waals surface area (Å²) in [7, 11) is 1.81. The highest BCUT2D eigenvalue weighted by molar-refractivity contribution is 14.0. The molecule has 0 atom stereocenters. The Morgan fingerprint density at radius 3 is 2.39 bits per heavy atom. The molecular weight excluding hydrogens is 399 g/mol. The van der Waals surface area contributed by atoms with Crippen LogP contribution in [-0.2, 0) is 6.54 Å². The molecule has 0 unspecified atom stereocenters. The Bertz CT molecular complexity index is 547. The van der Waals surface area contributed by atoms with Gasteiger partial charge in [0, 0.05) is 19.6 Å². The lowest BCUT2D eigenvalue weighted by molar-refractivity contribution is 0.216. The van der Waals surface area contributed by atoms with Crippen molar-refractivity contribution in [3.63, 3.8) is 0 Å². The quantitative estimate of drug-likeness (QED) is 0.439. The first-order valence-corrected chi connectivity index (χ1v) is 7.99. The third-order valence-corrected chi connectivity index (χ3v) is 4.45. The number of benzene rings is 1. The van der Waals surface area contributed by atoms with Crippen LogP contribution in [0.15, 0.2) is 29.3 Å². The summed E-state index contributed by atoms with van der Waals surface area (Å²) < 4.78 is 0. The van der Waals surface area contributed by atoms with E-state index in [1.54, 1.807) is 7.05 Å². The van der Waals surface area contributed by atoms with E-state index >= 15 is 0 Å². The first-order valence-electron chi connectivity index (χ1n) is 7.99. The van der Waals surface area contributed by atoms with Crippen LogP contribution in [0.5, 0.6) is 0 Å². The Balaban J connectivity index is 0.00000264. The molecule has 0 aliphatic heterocycles. The van der Waals surface area contributed by atoms with Crippen LogP contribution in [0.3, 0.4) is 0 Å². The zero-order valence-electron chi connectivity index (χ0n) is 14.2. The van der Waals surface area contributed by atoms with Crippen LogP contribution < -0.4 is 10.6 Å². The van der Waals surface area contributed by atoms with Crippen molar-refractivity contribution in [3.05, 3.63) is 35.4 Å². The molecule has 23 heavy (non-hydrogen) atoms. The second-order valence-electron chi connectivity index (χ2n) is 6.82. The number of nitriles is 1. The number of nitrogens with one attached hydrogen (secondary N) is 2. The largest absolute Gasteiger partial charge is 0.354 e. The molecule has 1 fully saturated rings. The average molecular weight is 426 g/mol.